The molecular formula is C16H22O3. The van der Waals surface area contributed by atoms with Crippen molar-refractivity contribution in [1.29, 1.82) is 0 Å². The van der Waals surface area contributed by atoms with Crippen LogP contribution >= 0.6 is 0 Å². The van der Waals surface area contributed by atoms with Crippen molar-refractivity contribution >= 4 is 5.97 Å². The predicted octanol–water partition coefficient (Wildman–Crippen LogP) is 3.42. The Morgan fingerprint density at radius 2 is 1.53 bits per heavy atom. The summed E-state index contributed by atoms with van der Waals surface area (Å²) < 4.78 is 10.9. The van der Waals surface area contributed by atoms with E-state index in [9.17, 15) is 4.79 Å². The highest BCUT2D eigenvalue weighted by molar-refractivity contribution is 5.90. The zero-order chi connectivity index (χ0) is 13.8. The lowest BCUT2D eigenvalue weighted by atomic mass is 9.95. The van der Waals surface area contributed by atoms with Crippen molar-refractivity contribution in [3.63, 3.8) is 0 Å². The lowest BCUT2D eigenvalue weighted by Crippen LogP contribution is -2.27. The highest BCUT2D eigenvalue weighted by atomic mass is 16.5. The fourth-order valence-corrected chi connectivity index (χ4v) is 2.70. The molecule has 1 aromatic rings. The van der Waals surface area contributed by atoms with Crippen molar-refractivity contribution in [3.8, 4) is 0 Å². The minimum Gasteiger partial charge on any atom is -0.459 e. The molecule has 1 saturated carbocycles. The molecule has 0 unspecified atom stereocenters. The number of benzene rings is 1. The van der Waals surface area contributed by atoms with Crippen LogP contribution in [0.5, 0.6) is 0 Å². The summed E-state index contributed by atoms with van der Waals surface area (Å²) >= 11 is 0. The van der Waals surface area contributed by atoms with Crippen LogP contribution in [0.2, 0.25) is 0 Å². The third-order valence-electron chi connectivity index (χ3n) is 3.69. The van der Waals surface area contributed by atoms with Crippen LogP contribution in [-0.4, -0.2) is 25.3 Å². The third kappa shape index (κ3) is 3.80. The normalized spacial score (nSPS) is 23.1. The first-order valence-electron chi connectivity index (χ1n) is 6.90. The second-order valence-electron chi connectivity index (χ2n) is 5.42. The van der Waals surface area contributed by atoms with E-state index in [4.69, 9.17) is 9.47 Å². The van der Waals surface area contributed by atoms with Crippen molar-refractivity contribution in [1.82, 2.24) is 0 Å². The fourth-order valence-electron chi connectivity index (χ4n) is 2.70. The Labute approximate surface area is 114 Å². The van der Waals surface area contributed by atoms with Gasteiger partial charge >= 0.3 is 5.97 Å². The maximum Gasteiger partial charge on any atom is 0.338 e. The summed E-state index contributed by atoms with van der Waals surface area (Å²) in [4.78, 5) is 12.1. The average molecular weight is 262 g/mol. The lowest BCUT2D eigenvalue weighted by Gasteiger charge is -2.27. The highest BCUT2D eigenvalue weighted by Gasteiger charge is 2.24. The largest absolute Gasteiger partial charge is 0.459 e. The first kappa shape index (κ1) is 14.1. The van der Waals surface area contributed by atoms with Gasteiger partial charge in [-0.15, -0.1) is 0 Å². The summed E-state index contributed by atoms with van der Waals surface area (Å²) in [6.45, 7) is 3.99. The highest BCUT2D eigenvalue weighted by Crippen LogP contribution is 2.24. The van der Waals surface area contributed by atoms with Crippen molar-refractivity contribution in [2.45, 2.75) is 51.7 Å². The summed E-state index contributed by atoms with van der Waals surface area (Å²) in [7, 11) is 1.74. The van der Waals surface area contributed by atoms with E-state index >= 15 is 0 Å². The summed E-state index contributed by atoms with van der Waals surface area (Å²) in [6.07, 6.45) is 4.11. The molecular weight excluding hydrogens is 240 g/mol. The molecule has 3 nitrogen and oxygen atoms in total. The summed E-state index contributed by atoms with van der Waals surface area (Å²) in [5.74, 6) is -0.201. The molecule has 2 rings (SSSR count). The van der Waals surface area contributed by atoms with E-state index in [-0.39, 0.29) is 12.1 Å². The molecule has 1 fully saturated rings. The standard InChI is InChI=1S/C16H22O3/c1-11-8-12(2)10-13(9-11)16(17)19-15-6-4-14(18-3)5-7-15/h8-10,14-15H,4-7H2,1-3H3. The van der Waals surface area contributed by atoms with Crippen molar-refractivity contribution in [2.75, 3.05) is 7.11 Å². The summed E-state index contributed by atoms with van der Waals surface area (Å²) in [6, 6.07) is 5.83. The van der Waals surface area contributed by atoms with Gasteiger partial charge in [-0.05, 0) is 51.7 Å². The molecule has 0 heterocycles. The number of carbonyl (C=O) groups excluding carboxylic acids is 1. The molecule has 0 spiro atoms. The first-order valence-corrected chi connectivity index (χ1v) is 6.90. The van der Waals surface area contributed by atoms with Gasteiger partial charge in [0.15, 0.2) is 0 Å². The number of ether oxygens (including phenoxy) is 2. The van der Waals surface area contributed by atoms with Gasteiger partial charge in [0.25, 0.3) is 0 Å². The van der Waals surface area contributed by atoms with Crippen molar-refractivity contribution < 1.29 is 14.3 Å². The van der Waals surface area contributed by atoms with E-state index in [1.54, 1.807) is 7.11 Å². The Bertz CT molecular complexity index is 425. The lowest BCUT2D eigenvalue weighted by molar-refractivity contribution is -0.00541. The smallest absolute Gasteiger partial charge is 0.338 e. The fraction of sp³-hybridized carbons (Fsp3) is 0.562. The van der Waals surface area contributed by atoms with Crippen LogP contribution in [0.15, 0.2) is 18.2 Å². The van der Waals surface area contributed by atoms with Crippen LogP contribution in [0.25, 0.3) is 0 Å². The van der Waals surface area contributed by atoms with Crippen LogP contribution in [0.1, 0.15) is 47.2 Å². The molecule has 0 saturated heterocycles. The molecule has 1 aromatic carbocycles. The van der Waals surface area contributed by atoms with Gasteiger partial charge in [-0.1, -0.05) is 17.2 Å². The van der Waals surface area contributed by atoms with Gasteiger partial charge in [0.05, 0.1) is 11.7 Å². The van der Waals surface area contributed by atoms with Gasteiger partial charge in [-0.2, -0.15) is 0 Å². The molecule has 104 valence electrons. The van der Waals surface area contributed by atoms with Gasteiger partial charge < -0.3 is 9.47 Å². The summed E-state index contributed by atoms with van der Waals surface area (Å²) in [5, 5.41) is 0. The molecule has 0 bridgehead atoms. The quantitative estimate of drug-likeness (QED) is 0.783. The van der Waals surface area contributed by atoms with E-state index in [2.05, 4.69) is 6.07 Å². The molecule has 0 radical (unpaired) electrons. The van der Waals surface area contributed by atoms with Crippen LogP contribution in [-0.2, 0) is 9.47 Å². The van der Waals surface area contributed by atoms with Gasteiger partial charge in [0.2, 0.25) is 0 Å². The zero-order valence-electron chi connectivity index (χ0n) is 11.9. The van der Waals surface area contributed by atoms with Crippen LogP contribution in [0.4, 0.5) is 0 Å². The molecule has 0 aromatic heterocycles. The molecule has 3 heteroatoms. The van der Waals surface area contributed by atoms with Gasteiger partial charge in [0, 0.05) is 7.11 Å². The Morgan fingerprint density at radius 1 is 1.00 bits per heavy atom. The van der Waals surface area contributed by atoms with Gasteiger partial charge in [-0.25, -0.2) is 4.79 Å². The minimum absolute atomic E-state index is 0.0414. The second kappa shape index (κ2) is 6.20. The van der Waals surface area contributed by atoms with E-state index in [1.807, 2.05) is 26.0 Å². The van der Waals surface area contributed by atoms with Crippen LogP contribution in [0.3, 0.4) is 0 Å². The Balaban J connectivity index is 1.94. The number of methoxy groups -OCH3 is 1. The Morgan fingerprint density at radius 3 is 2.05 bits per heavy atom. The average Bonchev–Trinajstić information content (AvgIpc) is 2.38. The molecule has 19 heavy (non-hydrogen) atoms. The zero-order valence-corrected chi connectivity index (χ0v) is 11.9. The molecule has 0 amide bonds. The maximum absolute atomic E-state index is 12.1. The Kier molecular flexibility index (Phi) is 4.59. The number of aryl methyl sites for hydroxylation is 2. The third-order valence-corrected chi connectivity index (χ3v) is 3.69. The molecule has 0 atom stereocenters. The molecule has 1 aliphatic rings. The van der Waals surface area contributed by atoms with E-state index < -0.39 is 0 Å². The van der Waals surface area contributed by atoms with Gasteiger partial charge in [-0.3, -0.25) is 0 Å². The van der Waals surface area contributed by atoms with Crippen molar-refractivity contribution in [3.05, 3.63) is 34.9 Å². The SMILES string of the molecule is COC1CCC(OC(=O)c2cc(C)cc(C)c2)CC1. The van der Waals surface area contributed by atoms with Crippen LogP contribution in [0, 0.1) is 13.8 Å². The van der Waals surface area contributed by atoms with Crippen LogP contribution < -0.4 is 0 Å². The van der Waals surface area contributed by atoms with E-state index in [1.165, 1.54) is 0 Å². The first-order chi connectivity index (χ1) is 9.08. The van der Waals surface area contributed by atoms with Gasteiger partial charge in [0.1, 0.15) is 6.10 Å². The Hall–Kier alpha value is -1.35. The second-order valence-corrected chi connectivity index (χ2v) is 5.42. The topological polar surface area (TPSA) is 35.5 Å². The molecule has 0 N–H and O–H groups in total. The molecule has 0 aliphatic heterocycles. The number of hydrogen-bond donors (Lipinski definition) is 0. The number of rotatable bonds is 3. The predicted molar refractivity (Wildman–Crippen MR) is 74.4 cm³/mol. The minimum atomic E-state index is -0.201. The molecule has 1 aliphatic carbocycles. The number of esters is 1. The van der Waals surface area contributed by atoms with Crippen molar-refractivity contribution in [2.24, 2.45) is 0 Å². The maximum atomic E-state index is 12.1. The van der Waals surface area contributed by atoms with E-state index in [0.29, 0.717) is 11.7 Å². The summed E-state index contributed by atoms with van der Waals surface area (Å²) in [5.41, 5.74) is 2.84. The number of carbonyl (C=O) groups is 1. The van der Waals surface area contributed by atoms with E-state index in [0.717, 1.165) is 36.8 Å². The monoisotopic (exact) mass is 262 g/mol. The number of hydrogen-bond acceptors (Lipinski definition) is 3.